The number of nitrogens with one attached hydrogen (secondary N) is 1. The monoisotopic (exact) mass is 365 g/mol. The Bertz CT molecular complexity index is 955. The number of hydrogen-bond acceptors (Lipinski definition) is 3. The van der Waals surface area contributed by atoms with E-state index < -0.39 is 0 Å². The van der Waals surface area contributed by atoms with E-state index in [0.29, 0.717) is 24.8 Å². The number of hydrogen-bond donors (Lipinski definition) is 2. The third-order valence-electron chi connectivity index (χ3n) is 4.51. The lowest BCUT2D eigenvalue weighted by molar-refractivity contribution is 0.262. The highest BCUT2D eigenvalue weighted by molar-refractivity contribution is 5.78. The topological polar surface area (TPSA) is 77.5 Å². The number of nitrogens with two attached hydrogens (primary N) is 1. The highest BCUT2D eigenvalue weighted by Crippen LogP contribution is 2.31. The summed E-state index contributed by atoms with van der Waals surface area (Å²) in [5.74, 6) is 0.868. The molecule has 7 heteroatoms. The summed E-state index contributed by atoms with van der Waals surface area (Å²) in [5, 5.41) is 3.24. The van der Waals surface area contributed by atoms with Crippen LogP contribution in [0, 0.1) is 5.82 Å². The first-order chi connectivity index (χ1) is 13.2. The summed E-state index contributed by atoms with van der Waals surface area (Å²) in [6.45, 7) is 0.924. The number of aliphatic imine (C=N–C) groups is 1. The molecule has 3 aromatic rings. The summed E-state index contributed by atoms with van der Waals surface area (Å²) in [6.07, 6.45) is 5.67. The molecule has 27 heavy (non-hydrogen) atoms. The molecule has 0 fully saturated rings. The van der Waals surface area contributed by atoms with Crippen LogP contribution in [-0.2, 0) is 6.54 Å². The molecule has 3 N–H and O–H groups in total. The molecule has 0 bridgehead atoms. The summed E-state index contributed by atoms with van der Waals surface area (Å²) >= 11 is 0. The van der Waals surface area contributed by atoms with Crippen molar-refractivity contribution < 1.29 is 9.13 Å². The van der Waals surface area contributed by atoms with Gasteiger partial charge in [0.2, 0.25) is 0 Å². The van der Waals surface area contributed by atoms with E-state index in [1.165, 1.54) is 6.07 Å². The lowest BCUT2D eigenvalue weighted by Crippen LogP contribution is -2.37. The van der Waals surface area contributed by atoms with E-state index in [9.17, 15) is 4.39 Å². The Labute approximate surface area is 156 Å². The highest BCUT2D eigenvalue weighted by atomic mass is 19.1. The first-order valence-corrected chi connectivity index (χ1v) is 8.75. The van der Waals surface area contributed by atoms with Gasteiger partial charge in [0.25, 0.3) is 0 Å². The zero-order valence-corrected chi connectivity index (χ0v) is 14.7. The van der Waals surface area contributed by atoms with Crippen molar-refractivity contribution in [1.29, 1.82) is 0 Å². The molecule has 0 aliphatic carbocycles. The lowest BCUT2D eigenvalue weighted by atomic mass is 10.0. The fourth-order valence-corrected chi connectivity index (χ4v) is 3.15. The average molecular weight is 365 g/mol. The van der Waals surface area contributed by atoms with Gasteiger partial charge in [-0.2, -0.15) is 0 Å². The van der Waals surface area contributed by atoms with Crippen molar-refractivity contribution in [3.8, 4) is 11.4 Å². The van der Waals surface area contributed by atoms with Gasteiger partial charge in [0, 0.05) is 24.4 Å². The second-order valence-corrected chi connectivity index (χ2v) is 6.33. The van der Waals surface area contributed by atoms with Crippen LogP contribution in [0.1, 0.15) is 23.6 Å². The van der Waals surface area contributed by atoms with Gasteiger partial charge >= 0.3 is 0 Å². The van der Waals surface area contributed by atoms with Crippen molar-refractivity contribution in [2.24, 2.45) is 10.7 Å². The number of ether oxygens (including phenoxy) is 1. The number of imidazole rings is 1. The van der Waals surface area contributed by atoms with Gasteiger partial charge < -0.3 is 20.4 Å². The molecule has 0 amide bonds. The quantitative estimate of drug-likeness (QED) is 0.550. The fourth-order valence-electron chi connectivity index (χ4n) is 3.15. The molecule has 0 spiro atoms. The fraction of sp³-hybridized carbons (Fsp3) is 0.200. The molecule has 1 unspecified atom stereocenters. The van der Waals surface area contributed by atoms with E-state index in [4.69, 9.17) is 10.5 Å². The van der Waals surface area contributed by atoms with E-state index in [-0.39, 0.29) is 11.9 Å². The van der Waals surface area contributed by atoms with E-state index in [1.54, 1.807) is 29.4 Å². The van der Waals surface area contributed by atoms with Crippen molar-refractivity contribution in [1.82, 2.24) is 14.9 Å². The number of nitrogens with zero attached hydrogens (tertiary/aromatic N) is 3. The van der Waals surface area contributed by atoms with Crippen LogP contribution in [-0.4, -0.2) is 22.1 Å². The van der Waals surface area contributed by atoms with Crippen molar-refractivity contribution in [2.45, 2.75) is 19.0 Å². The molecule has 2 heterocycles. The Hall–Kier alpha value is -3.35. The maximum atomic E-state index is 14.3. The van der Waals surface area contributed by atoms with Crippen LogP contribution in [0.5, 0.6) is 5.75 Å². The Morgan fingerprint density at radius 1 is 1.33 bits per heavy atom. The maximum absolute atomic E-state index is 14.3. The van der Waals surface area contributed by atoms with Crippen molar-refractivity contribution in [3.63, 3.8) is 0 Å². The molecule has 1 aromatic heterocycles. The second kappa shape index (κ2) is 7.49. The predicted octanol–water partition coefficient (Wildman–Crippen LogP) is 2.94. The van der Waals surface area contributed by atoms with Crippen molar-refractivity contribution in [2.75, 3.05) is 6.61 Å². The normalized spacial score (nSPS) is 16.5. The standard InChI is InChI=1S/C20H20FN5O/c21-16-11-14(5-6-18(16)26-9-8-23-13-26)12-24-20(22)25-17-7-10-27-19-4-2-1-3-15(17)19/h1-6,8-9,11,13,17H,7,10,12H2,(H3,22,24,25). The van der Waals surface area contributed by atoms with Crippen LogP contribution in [0.25, 0.3) is 5.69 Å². The van der Waals surface area contributed by atoms with Gasteiger partial charge in [0.15, 0.2) is 5.96 Å². The van der Waals surface area contributed by atoms with Crippen molar-refractivity contribution >= 4 is 5.96 Å². The van der Waals surface area contributed by atoms with Gasteiger partial charge in [-0.3, -0.25) is 0 Å². The van der Waals surface area contributed by atoms with Gasteiger partial charge in [-0.05, 0) is 23.8 Å². The average Bonchev–Trinajstić information content (AvgIpc) is 3.21. The molecule has 2 aromatic carbocycles. The van der Waals surface area contributed by atoms with Gasteiger partial charge in [-0.15, -0.1) is 0 Å². The van der Waals surface area contributed by atoms with Gasteiger partial charge in [-0.25, -0.2) is 14.4 Å². The molecule has 1 aliphatic heterocycles. The highest BCUT2D eigenvalue weighted by Gasteiger charge is 2.21. The first kappa shape index (κ1) is 17.1. The van der Waals surface area contributed by atoms with Crippen LogP contribution < -0.4 is 15.8 Å². The van der Waals surface area contributed by atoms with Crippen LogP contribution in [0.4, 0.5) is 4.39 Å². The summed E-state index contributed by atoms with van der Waals surface area (Å²) in [7, 11) is 0. The summed E-state index contributed by atoms with van der Waals surface area (Å²) in [4.78, 5) is 8.29. The Balaban J connectivity index is 1.43. The van der Waals surface area contributed by atoms with E-state index in [0.717, 1.165) is 23.3 Å². The largest absolute Gasteiger partial charge is 0.493 e. The minimum atomic E-state index is -0.328. The molecule has 138 valence electrons. The number of aromatic nitrogens is 2. The molecule has 1 aliphatic rings. The molecular weight excluding hydrogens is 345 g/mol. The number of halogens is 1. The van der Waals surface area contributed by atoms with Crippen LogP contribution >= 0.6 is 0 Å². The molecule has 0 radical (unpaired) electrons. The minimum absolute atomic E-state index is 0.0547. The minimum Gasteiger partial charge on any atom is -0.493 e. The maximum Gasteiger partial charge on any atom is 0.189 e. The zero-order chi connectivity index (χ0) is 18.6. The number of rotatable bonds is 4. The first-order valence-electron chi connectivity index (χ1n) is 8.75. The van der Waals surface area contributed by atoms with E-state index in [2.05, 4.69) is 15.3 Å². The molecule has 1 atom stereocenters. The lowest BCUT2D eigenvalue weighted by Gasteiger charge is -2.26. The molecule has 6 nitrogen and oxygen atoms in total. The molecule has 0 saturated carbocycles. The number of benzene rings is 2. The number of fused-ring (bicyclic) bond motifs is 1. The summed E-state index contributed by atoms with van der Waals surface area (Å²) < 4.78 is 21.6. The number of para-hydroxylation sites is 1. The Kier molecular flexibility index (Phi) is 4.74. The van der Waals surface area contributed by atoms with Crippen LogP contribution in [0.2, 0.25) is 0 Å². The Morgan fingerprint density at radius 2 is 2.22 bits per heavy atom. The summed E-state index contributed by atoms with van der Waals surface area (Å²) in [6, 6.07) is 12.9. The molecular formula is C20H20FN5O. The Morgan fingerprint density at radius 3 is 3.04 bits per heavy atom. The molecule has 4 rings (SSSR count). The second-order valence-electron chi connectivity index (χ2n) is 6.33. The smallest absolute Gasteiger partial charge is 0.189 e. The van der Waals surface area contributed by atoms with Gasteiger partial charge in [0.05, 0.1) is 31.2 Å². The third-order valence-corrected chi connectivity index (χ3v) is 4.51. The third kappa shape index (κ3) is 3.76. The SMILES string of the molecule is NC(=NCc1ccc(-n2ccnc2)c(F)c1)NC1CCOc2ccccc21. The van der Waals surface area contributed by atoms with Crippen LogP contribution in [0.15, 0.2) is 66.2 Å². The van der Waals surface area contributed by atoms with Crippen molar-refractivity contribution in [3.05, 3.63) is 78.1 Å². The van der Waals surface area contributed by atoms with E-state index >= 15 is 0 Å². The van der Waals surface area contributed by atoms with Gasteiger partial charge in [-0.1, -0.05) is 24.3 Å². The van der Waals surface area contributed by atoms with Crippen LogP contribution in [0.3, 0.4) is 0 Å². The number of guanidine groups is 1. The molecule has 0 saturated heterocycles. The zero-order valence-electron chi connectivity index (χ0n) is 14.7. The predicted molar refractivity (Wildman–Crippen MR) is 101 cm³/mol. The van der Waals surface area contributed by atoms with E-state index in [1.807, 2.05) is 30.3 Å². The van der Waals surface area contributed by atoms with Gasteiger partial charge in [0.1, 0.15) is 11.6 Å². The summed E-state index contributed by atoms with van der Waals surface area (Å²) in [5.41, 5.74) is 8.31.